The zero-order chi connectivity index (χ0) is 30.2. The summed E-state index contributed by atoms with van der Waals surface area (Å²) in [5.41, 5.74) is 1.91. The minimum atomic E-state index is -1.01. The number of methoxy groups -OCH3 is 1. The van der Waals surface area contributed by atoms with Gasteiger partial charge in [-0.05, 0) is 55.0 Å². The number of aromatic carboxylic acids is 1. The van der Waals surface area contributed by atoms with Crippen LogP contribution in [0.25, 0.3) is 28.2 Å². The summed E-state index contributed by atoms with van der Waals surface area (Å²) in [5, 5.41) is 10.9. The minimum absolute atomic E-state index is 0.166. The second-order valence-corrected chi connectivity index (χ2v) is 10.8. The molecule has 1 aliphatic heterocycles. The molecule has 5 aromatic rings. The molecule has 3 heterocycles. The number of nitrogens with zero attached hydrogens (tertiary/aromatic N) is 2. The Morgan fingerprint density at radius 1 is 1.07 bits per heavy atom. The molecule has 1 N–H and O–H groups in total. The van der Waals surface area contributed by atoms with E-state index < -0.39 is 18.0 Å². The number of carboxylic acids is 1. The molecule has 0 bridgehead atoms. The summed E-state index contributed by atoms with van der Waals surface area (Å²) in [6.07, 6.45) is 1.64. The third kappa shape index (κ3) is 4.95. The van der Waals surface area contributed by atoms with E-state index in [2.05, 4.69) is 4.99 Å². The minimum Gasteiger partial charge on any atom is -0.496 e. The van der Waals surface area contributed by atoms with Crippen molar-refractivity contribution >= 4 is 40.1 Å². The number of allylic oxidation sites excluding steroid dienone is 1. The Bertz CT molecular complexity index is 2120. The van der Waals surface area contributed by atoms with Gasteiger partial charge in [0.05, 0.1) is 35.1 Å². The van der Waals surface area contributed by atoms with Gasteiger partial charge in [0.25, 0.3) is 5.56 Å². The van der Waals surface area contributed by atoms with Gasteiger partial charge in [0, 0.05) is 17.2 Å². The standard InChI is InChI=1S/C33H26N2O7S/c1-4-41-32(39)27-18(2)34-33-35(29(27)28-23-8-6-5-7-19(23)13-15-25(28)40-3)30(36)26(43-33)17-22-14-16-24(42-22)20-9-11-21(12-10-20)31(37)38/h5-17,29H,4H2,1-3H3,(H,37,38)/b26-17-/t29-/m1/s1. The fourth-order valence-corrected chi connectivity index (χ4v) is 6.32. The largest absolute Gasteiger partial charge is 0.496 e. The molecule has 10 heteroatoms. The number of carbonyl (C=O) groups excluding carboxylic acids is 1. The first-order valence-corrected chi connectivity index (χ1v) is 14.3. The SMILES string of the molecule is CCOC(=O)C1=C(C)N=c2s/c(=C\c3ccc(-c4ccc(C(=O)O)cc4)o3)c(=O)n2[C@H]1c1c(OC)ccc2ccccc12. The molecule has 0 aliphatic carbocycles. The van der Waals surface area contributed by atoms with E-state index in [1.807, 2.05) is 36.4 Å². The highest BCUT2D eigenvalue weighted by molar-refractivity contribution is 7.07. The van der Waals surface area contributed by atoms with Crippen LogP contribution >= 0.6 is 11.3 Å². The Morgan fingerprint density at radius 3 is 2.56 bits per heavy atom. The van der Waals surface area contributed by atoms with Crippen LogP contribution in [0.4, 0.5) is 0 Å². The molecule has 0 radical (unpaired) electrons. The monoisotopic (exact) mass is 594 g/mol. The van der Waals surface area contributed by atoms with E-state index in [0.717, 1.165) is 10.8 Å². The van der Waals surface area contributed by atoms with E-state index in [1.54, 1.807) is 51.3 Å². The van der Waals surface area contributed by atoms with Crippen molar-refractivity contribution in [1.29, 1.82) is 0 Å². The van der Waals surface area contributed by atoms with Crippen molar-refractivity contribution in [3.05, 3.63) is 121 Å². The number of carbonyl (C=O) groups is 2. The molecule has 216 valence electrons. The van der Waals surface area contributed by atoms with Gasteiger partial charge < -0.3 is 19.0 Å². The fraction of sp³-hybridized carbons (Fsp3) is 0.152. The lowest BCUT2D eigenvalue weighted by Gasteiger charge is -2.27. The Balaban J connectivity index is 1.53. The Hall–Kier alpha value is -5.22. The number of aromatic nitrogens is 1. The predicted molar refractivity (Wildman–Crippen MR) is 162 cm³/mol. The van der Waals surface area contributed by atoms with Crippen molar-refractivity contribution in [2.45, 2.75) is 19.9 Å². The van der Waals surface area contributed by atoms with Gasteiger partial charge in [-0.25, -0.2) is 14.6 Å². The van der Waals surface area contributed by atoms with Crippen LogP contribution < -0.4 is 19.6 Å². The van der Waals surface area contributed by atoms with Crippen LogP contribution in [-0.4, -0.2) is 35.3 Å². The Kier molecular flexibility index (Phi) is 7.29. The maximum atomic E-state index is 14.1. The Morgan fingerprint density at radius 2 is 1.84 bits per heavy atom. The van der Waals surface area contributed by atoms with Crippen LogP contribution in [0.5, 0.6) is 5.75 Å². The summed E-state index contributed by atoms with van der Waals surface area (Å²) in [5.74, 6) is -0.0808. The number of ether oxygens (including phenoxy) is 2. The number of hydrogen-bond donors (Lipinski definition) is 1. The third-order valence-corrected chi connectivity index (χ3v) is 8.24. The molecule has 0 fully saturated rings. The summed E-state index contributed by atoms with van der Waals surface area (Å²) in [6, 6.07) is 20.5. The third-order valence-electron chi connectivity index (χ3n) is 7.26. The predicted octanol–water partition coefficient (Wildman–Crippen LogP) is 4.92. The lowest BCUT2D eigenvalue weighted by Crippen LogP contribution is -2.40. The molecule has 2 aromatic heterocycles. The molecule has 43 heavy (non-hydrogen) atoms. The summed E-state index contributed by atoms with van der Waals surface area (Å²) < 4.78 is 19.1. The highest BCUT2D eigenvalue weighted by Crippen LogP contribution is 2.40. The first-order chi connectivity index (χ1) is 20.8. The number of rotatable bonds is 7. The summed E-state index contributed by atoms with van der Waals surface area (Å²) in [7, 11) is 1.56. The van der Waals surface area contributed by atoms with Crippen molar-refractivity contribution in [2.24, 2.45) is 4.99 Å². The quantitative estimate of drug-likeness (QED) is 0.266. The van der Waals surface area contributed by atoms with Crippen LogP contribution in [0.1, 0.15) is 41.6 Å². The molecule has 0 saturated heterocycles. The van der Waals surface area contributed by atoms with Crippen LogP contribution in [0.2, 0.25) is 0 Å². The topological polar surface area (TPSA) is 120 Å². The van der Waals surface area contributed by atoms with Crippen LogP contribution in [-0.2, 0) is 9.53 Å². The first kappa shape index (κ1) is 27.9. The number of fused-ring (bicyclic) bond motifs is 2. The van der Waals surface area contributed by atoms with Crippen molar-refractivity contribution in [3.8, 4) is 17.1 Å². The molecule has 0 unspecified atom stereocenters. The number of furan rings is 1. The van der Waals surface area contributed by atoms with Crippen molar-refractivity contribution in [1.82, 2.24) is 4.57 Å². The first-order valence-electron chi connectivity index (χ1n) is 13.5. The Labute approximate surface area is 249 Å². The van der Waals surface area contributed by atoms with Crippen LogP contribution in [0.15, 0.2) is 98.3 Å². The number of carboxylic acid groups (broad SMARTS) is 1. The molecule has 0 saturated carbocycles. The number of benzene rings is 3. The van der Waals surface area contributed by atoms with Gasteiger partial charge in [0.15, 0.2) is 4.80 Å². The molecule has 9 nitrogen and oxygen atoms in total. The van der Waals surface area contributed by atoms with Gasteiger partial charge in [-0.3, -0.25) is 9.36 Å². The van der Waals surface area contributed by atoms with E-state index in [-0.39, 0.29) is 23.3 Å². The zero-order valence-corrected chi connectivity index (χ0v) is 24.3. The molecule has 1 aliphatic rings. The number of hydrogen-bond acceptors (Lipinski definition) is 8. The summed E-state index contributed by atoms with van der Waals surface area (Å²) in [6.45, 7) is 3.64. The van der Waals surface area contributed by atoms with E-state index in [4.69, 9.17) is 13.9 Å². The highest BCUT2D eigenvalue weighted by Gasteiger charge is 2.36. The zero-order valence-electron chi connectivity index (χ0n) is 23.5. The maximum Gasteiger partial charge on any atom is 0.338 e. The van der Waals surface area contributed by atoms with E-state index in [1.165, 1.54) is 28.0 Å². The van der Waals surface area contributed by atoms with Gasteiger partial charge >= 0.3 is 11.9 Å². The normalized spacial score (nSPS) is 14.9. The maximum absolute atomic E-state index is 14.1. The molecule has 1 atom stereocenters. The van der Waals surface area contributed by atoms with E-state index in [0.29, 0.717) is 43.4 Å². The number of thiazole rings is 1. The van der Waals surface area contributed by atoms with Crippen molar-refractivity contribution in [3.63, 3.8) is 0 Å². The van der Waals surface area contributed by atoms with Crippen molar-refractivity contribution in [2.75, 3.05) is 13.7 Å². The van der Waals surface area contributed by atoms with Crippen LogP contribution in [0, 0.1) is 0 Å². The van der Waals surface area contributed by atoms with Gasteiger partial charge in [-0.15, -0.1) is 0 Å². The lowest BCUT2D eigenvalue weighted by atomic mass is 9.90. The molecule has 0 spiro atoms. The molecular formula is C33H26N2O7S. The lowest BCUT2D eigenvalue weighted by molar-refractivity contribution is -0.139. The van der Waals surface area contributed by atoms with Crippen molar-refractivity contribution < 1.29 is 28.6 Å². The molecule has 3 aromatic carbocycles. The van der Waals surface area contributed by atoms with Gasteiger partial charge in [-0.2, -0.15) is 0 Å². The van der Waals surface area contributed by atoms with Gasteiger partial charge in [0.2, 0.25) is 0 Å². The van der Waals surface area contributed by atoms with Gasteiger partial charge in [-0.1, -0.05) is 53.8 Å². The molecule has 6 rings (SSSR count). The fourth-order valence-electron chi connectivity index (χ4n) is 5.29. The average molecular weight is 595 g/mol. The smallest absolute Gasteiger partial charge is 0.338 e. The summed E-state index contributed by atoms with van der Waals surface area (Å²) in [4.78, 5) is 43.8. The highest BCUT2D eigenvalue weighted by atomic mass is 32.1. The van der Waals surface area contributed by atoms with Crippen LogP contribution in [0.3, 0.4) is 0 Å². The molecular weight excluding hydrogens is 568 g/mol. The number of esters is 1. The van der Waals surface area contributed by atoms with E-state index in [9.17, 15) is 19.5 Å². The molecule has 0 amide bonds. The van der Waals surface area contributed by atoms with E-state index >= 15 is 0 Å². The average Bonchev–Trinajstić information content (AvgIpc) is 3.60. The second kappa shape index (κ2) is 11.2. The second-order valence-electron chi connectivity index (χ2n) is 9.79. The van der Waals surface area contributed by atoms with Gasteiger partial charge in [0.1, 0.15) is 23.3 Å². The summed E-state index contributed by atoms with van der Waals surface area (Å²) >= 11 is 1.19.